The molecule has 0 unspecified atom stereocenters. The second-order valence-corrected chi connectivity index (χ2v) is 14.9. The molecule has 1 rings (SSSR count). The fraction of sp³-hybridized carbons (Fsp3) is 0.680. The number of nitro benzene ring substituents is 1. The van der Waals surface area contributed by atoms with E-state index in [-0.39, 0.29) is 47.0 Å². The Bertz CT molecular complexity index is 866. The van der Waals surface area contributed by atoms with Crippen molar-refractivity contribution in [3.8, 4) is 17.2 Å². The zero-order valence-corrected chi connectivity index (χ0v) is 23.8. The van der Waals surface area contributed by atoms with E-state index >= 15 is 0 Å². The van der Waals surface area contributed by atoms with Crippen LogP contribution in [0.1, 0.15) is 39.7 Å². The van der Waals surface area contributed by atoms with Gasteiger partial charge in [0.05, 0.1) is 51.1 Å². The summed E-state index contributed by atoms with van der Waals surface area (Å²) in [5.74, 6) is 0.853. The molecule has 10 heteroatoms. The summed E-state index contributed by atoms with van der Waals surface area (Å²) in [6, 6.07) is 1.31. The number of hydrogen-bond acceptors (Lipinski definition) is 8. The minimum absolute atomic E-state index is 0.00245. The second-order valence-electron chi connectivity index (χ2n) is 10.2. The maximum atomic E-state index is 11.7. The Morgan fingerprint density at radius 3 is 2.14 bits per heavy atom. The zero-order valence-electron chi connectivity index (χ0n) is 22.8. The van der Waals surface area contributed by atoms with Crippen molar-refractivity contribution in [3.63, 3.8) is 0 Å². The Morgan fingerprint density at radius 1 is 1.11 bits per heavy atom. The van der Waals surface area contributed by atoms with Crippen molar-refractivity contribution >= 4 is 14.0 Å². The van der Waals surface area contributed by atoms with Crippen LogP contribution < -0.4 is 14.2 Å². The van der Waals surface area contributed by atoms with Crippen LogP contribution in [0, 0.1) is 16.0 Å². The molecule has 0 aliphatic carbocycles. The number of benzene rings is 1. The van der Waals surface area contributed by atoms with Crippen molar-refractivity contribution < 1.29 is 33.4 Å². The molecule has 0 aliphatic rings. The molecule has 0 aromatic heterocycles. The Balaban J connectivity index is 3.34. The number of aliphatic hydroxyl groups excluding tert-OH is 1. The largest absolute Gasteiger partial charge is 0.493 e. The van der Waals surface area contributed by atoms with Gasteiger partial charge in [0, 0.05) is 12.7 Å². The summed E-state index contributed by atoms with van der Waals surface area (Å²) in [5.41, 5.74) is 0.386. The molecule has 0 bridgehead atoms. The first kappa shape index (κ1) is 30.9. The van der Waals surface area contributed by atoms with E-state index in [2.05, 4.69) is 33.9 Å². The van der Waals surface area contributed by atoms with Crippen LogP contribution in [-0.2, 0) is 15.6 Å². The first-order valence-electron chi connectivity index (χ1n) is 11.7. The number of rotatable bonds is 14. The second kappa shape index (κ2) is 13.2. The normalized spacial score (nSPS) is 15.1. The maximum Gasteiger partial charge on any atom is 0.315 e. The number of nitro groups is 1. The summed E-state index contributed by atoms with van der Waals surface area (Å²) < 4.78 is 28.9. The van der Waals surface area contributed by atoms with E-state index in [1.807, 2.05) is 13.0 Å². The predicted octanol–water partition coefficient (Wildman–Crippen LogP) is 5.14. The third kappa shape index (κ3) is 7.93. The summed E-state index contributed by atoms with van der Waals surface area (Å²) in [6.45, 7) is 12.8. The van der Waals surface area contributed by atoms with Gasteiger partial charge in [-0.25, -0.2) is 0 Å². The fourth-order valence-electron chi connectivity index (χ4n) is 3.73. The molecule has 0 radical (unpaired) electrons. The molecule has 1 aromatic carbocycles. The third-order valence-electron chi connectivity index (χ3n) is 6.62. The van der Waals surface area contributed by atoms with Crippen molar-refractivity contribution in [1.29, 1.82) is 0 Å². The van der Waals surface area contributed by atoms with E-state index in [0.717, 1.165) is 0 Å². The van der Waals surface area contributed by atoms with Crippen LogP contribution in [0.15, 0.2) is 18.2 Å². The summed E-state index contributed by atoms with van der Waals surface area (Å²) >= 11 is 0. The van der Waals surface area contributed by atoms with E-state index < -0.39 is 13.2 Å². The molecule has 0 spiro atoms. The molecule has 0 saturated heterocycles. The van der Waals surface area contributed by atoms with Crippen molar-refractivity contribution in [1.82, 2.24) is 0 Å². The lowest BCUT2D eigenvalue weighted by Crippen LogP contribution is -2.47. The van der Waals surface area contributed by atoms with Crippen molar-refractivity contribution in [2.75, 3.05) is 35.0 Å². The van der Waals surface area contributed by atoms with E-state index in [1.165, 1.54) is 27.4 Å². The van der Waals surface area contributed by atoms with Crippen LogP contribution in [0.4, 0.5) is 5.69 Å². The van der Waals surface area contributed by atoms with Gasteiger partial charge < -0.3 is 28.5 Å². The van der Waals surface area contributed by atoms with Gasteiger partial charge in [0.2, 0.25) is 5.75 Å². The molecule has 0 fully saturated rings. The van der Waals surface area contributed by atoms with Gasteiger partial charge in [0.1, 0.15) is 0 Å². The molecular formula is C25H43NO8Si. The molecule has 1 N–H and O–H groups in total. The molecule has 0 amide bonds. The summed E-state index contributed by atoms with van der Waals surface area (Å²) in [7, 11) is 3.86. The van der Waals surface area contributed by atoms with Crippen LogP contribution in [0.2, 0.25) is 18.1 Å². The molecule has 1 aromatic rings. The lowest BCUT2D eigenvalue weighted by Gasteiger charge is -2.40. The SMILES string of the molecule is COc1cc([N+](=O)[O-])c(OC)c(C[C@@H](C)C[C@H](OC)[C@@H](/C=C/CO)O[Si](C)(C)C(C)(C)C)c1OC. The van der Waals surface area contributed by atoms with Gasteiger partial charge in [-0.15, -0.1) is 0 Å². The first-order chi connectivity index (χ1) is 16.3. The molecule has 200 valence electrons. The fourth-order valence-corrected chi connectivity index (χ4v) is 4.99. The van der Waals surface area contributed by atoms with Gasteiger partial charge in [-0.05, 0) is 36.9 Å². The van der Waals surface area contributed by atoms with E-state index in [4.69, 9.17) is 23.4 Å². The van der Waals surface area contributed by atoms with Gasteiger partial charge in [-0.1, -0.05) is 39.8 Å². The Hall–Kier alpha value is -2.14. The summed E-state index contributed by atoms with van der Waals surface area (Å²) in [6.07, 6.45) is 3.92. The standard InChI is InChI=1S/C25H43NO8Si/c1-17(14-18-23(32-7)19(26(28)29)16-22(31-6)24(18)33-8)15-21(30-5)20(12-11-13-27)34-35(9,10)25(2,3)4/h11-12,16-17,20-21,27H,13-15H2,1-10H3/b12-11+/t17-,20-,21+/m1/s1. The van der Waals surface area contributed by atoms with Crippen LogP contribution in [0.5, 0.6) is 17.2 Å². The van der Waals surface area contributed by atoms with Crippen molar-refractivity contribution in [3.05, 3.63) is 33.9 Å². The quantitative estimate of drug-likeness (QED) is 0.158. The molecular weight excluding hydrogens is 470 g/mol. The predicted molar refractivity (Wildman–Crippen MR) is 139 cm³/mol. The smallest absolute Gasteiger partial charge is 0.315 e. The lowest BCUT2D eigenvalue weighted by atomic mass is 9.92. The van der Waals surface area contributed by atoms with Gasteiger partial charge >= 0.3 is 5.69 Å². The molecule has 9 nitrogen and oxygen atoms in total. The highest BCUT2D eigenvalue weighted by molar-refractivity contribution is 6.74. The minimum atomic E-state index is -2.13. The monoisotopic (exact) mass is 513 g/mol. The molecule has 0 heterocycles. The summed E-state index contributed by atoms with van der Waals surface area (Å²) in [4.78, 5) is 11.2. The number of nitrogens with zero attached hydrogens (tertiary/aromatic N) is 1. The highest BCUT2D eigenvalue weighted by Crippen LogP contribution is 2.45. The Morgan fingerprint density at radius 2 is 1.71 bits per heavy atom. The Kier molecular flexibility index (Phi) is 11.7. The van der Waals surface area contributed by atoms with Crippen molar-refractivity contribution in [2.45, 2.75) is 70.9 Å². The average Bonchev–Trinajstić information content (AvgIpc) is 2.78. The number of hydrogen-bond donors (Lipinski definition) is 1. The first-order valence-corrected chi connectivity index (χ1v) is 14.6. The van der Waals surface area contributed by atoms with Crippen LogP contribution in [0.3, 0.4) is 0 Å². The van der Waals surface area contributed by atoms with Gasteiger partial charge in [-0.2, -0.15) is 0 Å². The highest BCUT2D eigenvalue weighted by Gasteiger charge is 2.40. The third-order valence-corrected chi connectivity index (χ3v) is 11.1. The molecule has 3 atom stereocenters. The van der Waals surface area contributed by atoms with Crippen LogP contribution in [0.25, 0.3) is 0 Å². The number of ether oxygens (including phenoxy) is 4. The van der Waals surface area contributed by atoms with Gasteiger partial charge in [-0.3, -0.25) is 10.1 Å². The van der Waals surface area contributed by atoms with Gasteiger partial charge in [0.25, 0.3) is 0 Å². The Labute approximate surface area is 210 Å². The van der Waals surface area contributed by atoms with Crippen LogP contribution in [-0.4, -0.2) is 65.6 Å². The zero-order chi connectivity index (χ0) is 27.0. The van der Waals surface area contributed by atoms with Gasteiger partial charge in [0.15, 0.2) is 19.8 Å². The molecule has 35 heavy (non-hydrogen) atoms. The topological polar surface area (TPSA) is 110 Å². The number of aliphatic hydroxyl groups is 1. The highest BCUT2D eigenvalue weighted by atomic mass is 28.4. The minimum Gasteiger partial charge on any atom is -0.493 e. The molecule has 0 aliphatic heterocycles. The van der Waals surface area contributed by atoms with Crippen LogP contribution >= 0.6 is 0 Å². The van der Waals surface area contributed by atoms with Crippen molar-refractivity contribution in [2.24, 2.45) is 5.92 Å². The van der Waals surface area contributed by atoms with E-state index in [9.17, 15) is 15.2 Å². The number of methoxy groups -OCH3 is 4. The lowest BCUT2D eigenvalue weighted by molar-refractivity contribution is -0.385. The summed E-state index contributed by atoms with van der Waals surface area (Å²) in [5, 5.41) is 21.1. The molecule has 0 saturated carbocycles. The van der Waals surface area contributed by atoms with E-state index in [1.54, 1.807) is 13.2 Å². The maximum absolute atomic E-state index is 11.7. The average molecular weight is 514 g/mol. The van der Waals surface area contributed by atoms with E-state index in [0.29, 0.717) is 24.2 Å².